The van der Waals surface area contributed by atoms with Crippen molar-refractivity contribution < 1.29 is 15.5 Å². The molecule has 3 N–H and O–H groups in total. The van der Waals surface area contributed by atoms with Crippen LogP contribution in [0.25, 0.3) is 0 Å². The predicted molar refractivity (Wildman–Crippen MR) is 44.9 cm³/mol. The molecule has 0 aliphatic heterocycles. The number of hydrogen-bond acceptors (Lipinski definition) is 4. The molecule has 0 aliphatic carbocycles. The Balaban J connectivity index is 4.24. The van der Waals surface area contributed by atoms with E-state index in [1.807, 2.05) is 20.8 Å². The molecule has 0 aromatic carbocycles. The molecule has 4 nitrogen and oxygen atoms in total. The van der Waals surface area contributed by atoms with E-state index in [1.54, 1.807) is 6.08 Å². The van der Waals surface area contributed by atoms with E-state index in [9.17, 15) is 0 Å². The summed E-state index contributed by atoms with van der Waals surface area (Å²) in [5, 5.41) is 25.9. The number of hydroxylamine groups is 2. The maximum atomic E-state index is 8.92. The van der Waals surface area contributed by atoms with Gasteiger partial charge in [0.1, 0.15) is 0 Å². The third-order valence-corrected chi connectivity index (χ3v) is 1.63. The molecule has 0 amide bonds. The first kappa shape index (κ1) is 11.6. The van der Waals surface area contributed by atoms with Gasteiger partial charge in [0, 0.05) is 0 Å². The average molecular weight is 175 g/mol. The summed E-state index contributed by atoms with van der Waals surface area (Å²) in [4.78, 5) is 0. The van der Waals surface area contributed by atoms with E-state index in [-0.39, 0.29) is 23.8 Å². The lowest BCUT2D eigenvalue weighted by Gasteiger charge is -2.21. The van der Waals surface area contributed by atoms with E-state index in [4.69, 9.17) is 15.5 Å². The Morgan fingerprint density at radius 1 is 1.33 bits per heavy atom. The van der Waals surface area contributed by atoms with Gasteiger partial charge in [-0.15, -0.1) is 0 Å². The third-order valence-electron chi connectivity index (χ3n) is 1.63. The monoisotopic (exact) mass is 175 g/mol. The van der Waals surface area contributed by atoms with Gasteiger partial charge < -0.3 is 5.11 Å². The molecule has 0 aliphatic rings. The van der Waals surface area contributed by atoms with Crippen LogP contribution in [0.5, 0.6) is 0 Å². The van der Waals surface area contributed by atoms with E-state index >= 15 is 0 Å². The zero-order valence-electron chi connectivity index (χ0n) is 7.78. The minimum atomic E-state index is -0.134. The SMILES string of the molecule is CC(C)(C)/C(=C/CN(O)O)CO. The first-order chi connectivity index (χ1) is 5.38. The number of hydrogen-bond donors (Lipinski definition) is 3. The van der Waals surface area contributed by atoms with Crippen LogP contribution in [0.2, 0.25) is 0 Å². The van der Waals surface area contributed by atoms with Gasteiger partial charge in [-0.3, -0.25) is 10.4 Å². The van der Waals surface area contributed by atoms with Crippen LogP contribution in [0.3, 0.4) is 0 Å². The molecule has 4 heteroatoms. The van der Waals surface area contributed by atoms with Crippen molar-refractivity contribution in [2.75, 3.05) is 13.2 Å². The second-order valence-electron chi connectivity index (χ2n) is 3.69. The fraction of sp³-hybridized carbons (Fsp3) is 0.750. The Kier molecular flexibility index (Phi) is 4.41. The largest absolute Gasteiger partial charge is 0.392 e. The molecule has 0 unspecified atom stereocenters. The number of rotatable bonds is 3. The maximum Gasteiger partial charge on any atom is 0.0697 e. The molecule has 0 fully saturated rings. The molecule has 12 heavy (non-hydrogen) atoms. The van der Waals surface area contributed by atoms with Crippen LogP contribution >= 0.6 is 0 Å². The fourth-order valence-electron chi connectivity index (χ4n) is 0.800. The Bertz CT molecular complexity index is 158. The van der Waals surface area contributed by atoms with Crippen LogP contribution in [-0.4, -0.2) is 33.9 Å². The van der Waals surface area contributed by atoms with Crippen LogP contribution in [-0.2, 0) is 0 Å². The first-order valence-corrected chi connectivity index (χ1v) is 3.83. The van der Waals surface area contributed by atoms with Crippen molar-refractivity contribution in [3.63, 3.8) is 0 Å². The van der Waals surface area contributed by atoms with E-state index in [0.717, 1.165) is 5.57 Å². The summed E-state index contributed by atoms with van der Waals surface area (Å²) in [5.41, 5.74) is 0.653. The maximum absolute atomic E-state index is 8.92. The van der Waals surface area contributed by atoms with Crippen LogP contribution in [0.4, 0.5) is 0 Å². The third kappa shape index (κ3) is 4.46. The Labute approximate surface area is 72.7 Å². The molecule has 0 atom stereocenters. The van der Waals surface area contributed by atoms with Gasteiger partial charge in [0.05, 0.1) is 13.2 Å². The highest BCUT2D eigenvalue weighted by Crippen LogP contribution is 2.24. The van der Waals surface area contributed by atoms with E-state index in [1.165, 1.54) is 0 Å². The van der Waals surface area contributed by atoms with Gasteiger partial charge in [0.2, 0.25) is 0 Å². The highest BCUT2D eigenvalue weighted by molar-refractivity contribution is 5.11. The van der Waals surface area contributed by atoms with Gasteiger partial charge in [-0.2, -0.15) is 0 Å². The topological polar surface area (TPSA) is 63.9 Å². The van der Waals surface area contributed by atoms with E-state index in [0.29, 0.717) is 0 Å². The van der Waals surface area contributed by atoms with Crippen molar-refractivity contribution in [1.29, 1.82) is 0 Å². The van der Waals surface area contributed by atoms with Gasteiger partial charge in [0.25, 0.3) is 0 Å². The van der Waals surface area contributed by atoms with Crippen LogP contribution in [0.15, 0.2) is 11.6 Å². The second-order valence-corrected chi connectivity index (χ2v) is 3.69. The summed E-state index contributed by atoms with van der Waals surface area (Å²) >= 11 is 0. The minimum absolute atomic E-state index is 0.00711. The zero-order valence-corrected chi connectivity index (χ0v) is 7.78. The van der Waals surface area contributed by atoms with Crippen molar-refractivity contribution in [1.82, 2.24) is 5.23 Å². The van der Waals surface area contributed by atoms with Crippen molar-refractivity contribution in [3.05, 3.63) is 11.6 Å². The summed E-state index contributed by atoms with van der Waals surface area (Å²) in [6.07, 6.45) is 1.60. The molecule has 0 bridgehead atoms. The molecule has 0 aromatic heterocycles. The number of aliphatic hydroxyl groups is 1. The zero-order chi connectivity index (χ0) is 9.78. The Hall–Kier alpha value is -0.420. The summed E-state index contributed by atoms with van der Waals surface area (Å²) in [5.74, 6) is 0. The van der Waals surface area contributed by atoms with Crippen molar-refractivity contribution in [3.8, 4) is 0 Å². The second kappa shape index (κ2) is 4.57. The highest BCUT2D eigenvalue weighted by atomic mass is 16.8. The molecule has 0 rings (SSSR count). The molecule has 0 radical (unpaired) electrons. The summed E-state index contributed by atoms with van der Waals surface area (Å²) in [6, 6.07) is 0. The van der Waals surface area contributed by atoms with Crippen LogP contribution < -0.4 is 0 Å². The van der Waals surface area contributed by atoms with Crippen molar-refractivity contribution in [2.45, 2.75) is 20.8 Å². The van der Waals surface area contributed by atoms with Crippen molar-refractivity contribution in [2.24, 2.45) is 5.41 Å². The van der Waals surface area contributed by atoms with Crippen LogP contribution in [0, 0.1) is 5.41 Å². The smallest absolute Gasteiger partial charge is 0.0697 e. The summed E-state index contributed by atoms with van der Waals surface area (Å²) in [6.45, 7) is 5.81. The molecular weight excluding hydrogens is 158 g/mol. The fourth-order valence-corrected chi connectivity index (χ4v) is 0.800. The molecule has 72 valence electrons. The first-order valence-electron chi connectivity index (χ1n) is 3.83. The lowest BCUT2D eigenvalue weighted by Crippen LogP contribution is -2.18. The van der Waals surface area contributed by atoms with Crippen LogP contribution in [0.1, 0.15) is 20.8 Å². The van der Waals surface area contributed by atoms with E-state index in [2.05, 4.69) is 0 Å². The summed E-state index contributed by atoms with van der Waals surface area (Å²) in [7, 11) is 0. The Morgan fingerprint density at radius 3 is 2.08 bits per heavy atom. The molecule has 0 spiro atoms. The highest BCUT2D eigenvalue weighted by Gasteiger charge is 2.15. The normalized spacial score (nSPS) is 14.1. The standard InChI is InChI=1S/C8H17NO3/c1-8(2,3)7(6-10)4-5-9(11)12/h4,10-12H,5-6H2,1-3H3/b7-4+. The lowest BCUT2D eigenvalue weighted by molar-refractivity contribution is -0.299. The molecule has 0 saturated carbocycles. The van der Waals surface area contributed by atoms with E-state index < -0.39 is 0 Å². The van der Waals surface area contributed by atoms with Gasteiger partial charge in [-0.1, -0.05) is 32.1 Å². The average Bonchev–Trinajstić information content (AvgIpc) is 1.85. The minimum Gasteiger partial charge on any atom is -0.392 e. The summed E-state index contributed by atoms with van der Waals surface area (Å²) < 4.78 is 0. The van der Waals surface area contributed by atoms with Crippen molar-refractivity contribution >= 4 is 0 Å². The lowest BCUT2D eigenvalue weighted by atomic mass is 9.87. The number of nitrogens with zero attached hydrogens (tertiary/aromatic N) is 1. The molecular formula is C8H17NO3. The van der Waals surface area contributed by atoms with Gasteiger partial charge in [-0.25, -0.2) is 0 Å². The predicted octanol–water partition coefficient (Wildman–Crippen LogP) is 1.03. The Morgan fingerprint density at radius 2 is 1.83 bits per heavy atom. The molecule has 0 saturated heterocycles. The quantitative estimate of drug-likeness (QED) is 0.443. The number of aliphatic hydroxyl groups excluding tert-OH is 1. The van der Waals surface area contributed by atoms with Gasteiger partial charge in [-0.05, 0) is 11.0 Å². The molecule has 0 aromatic rings. The molecule has 0 heterocycles. The van der Waals surface area contributed by atoms with Gasteiger partial charge >= 0.3 is 0 Å². The van der Waals surface area contributed by atoms with Gasteiger partial charge in [0.15, 0.2) is 0 Å².